The Labute approximate surface area is 68.7 Å². The zero-order valence-corrected chi connectivity index (χ0v) is 7.27. The summed E-state index contributed by atoms with van der Waals surface area (Å²) in [6, 6.07) is 0. The average Bonchev–Trinajstić information content (AvgIpc) is 2.46. The highest BCUT2D eigenvalue weighted by Crippen LogP contribution is 2.25. The van der Waals surface area contributed by atoms with Crippen molar-refractivity contribution in [1.29, 1.82) is 0 Å². The van der Waals surface area contributed by atoms with Gasteiger partial charge in [-0.25, -0.2) is 4.98 Å². The van der Waals surface area contributed by atoms with Crippen molar-refractivity contribution in [2.75, 3.05) is 12.4 Å². The summed E-state index contributed by atoms with van der Waals surface area (Å²) in [6.07, 6.45) is 3.70. The number of hydrogen-bond donors (Lipinski definition) is 1. The van der Waals surface area contributed by atoms with Gasteiger partial charge >= 0.3 is 0 Å². The number of anilines is 1. The smallest absolute Gasteiger partial charge is 0.125 e. The summed E-state index contributed by atoms with van der Waals surface area (Å²) in [7, 11) is 1.93. The second kappa shape index (κ2) is 2.23. The maximum absolute atomic E-state index is 4.04. The molecule has 0 aliphatic carbocycles. The van der Waals surface area contributed by atoms with Crippen molar-refractivity contribution in [3.63, 3.8) is 0 Å². The number of fused-ring (bicyclic) bond motifs is 1. The standard InChI is InChI=1S/C7H9N3S/c1-5-7(8-2)10-4-9-3-6(10)11-5/h3-4,8H,1-2H3. The molecule has 0 fully saturated rings. The number of thiazole rings is 1. The third kappa shape index (κ3) is 0.826. The number of aryl methyl sites for hydroxylation is 1. The van der Waals surface area contributed by atoms with Gasteiger partial charge in [-0.15, -0.1) is 11.3 Å². The van der Waals surface area contributed by atoms with Gasteiger partial charge in [-0.3, -0.25) is 4.40 Å². The first-order chi connectivity index (χ1) is 5.33. The Morgan fingerprint density at radius 2 is 2.45 bits per heavy atom. The molecule has 0 spiro atoms. The first kappa shape index (κ1) is 6.67. The lowest BCUT2D eigenvalue weighted by atomic mass is 10.5. The predicted octanol–water partition coefficient (Wildman–Crippen LogP) is 1.75. The summed E-state index contributed by atoms with van der Waals surface area (Å²) in [4.78, 5) is 6.53. The summed E-state index contributed by atoms with van der Waals surface area (Å²) in [5.74, 6) is 1.14. The molecular weight excluding hydrogens is 158 g/mol. The van der Waals surface area contributed by atoms with Gasteiger partial charge in [0.1, 0.15) is 17.0 Å². The van der Waals surface area contributed by atoms with Gasteiger partial charge in [0, 0.05) is 11.9 Å². The lowest BCUT2D eigenvalue weighted by Gasteiger charge is -1.96. The van der Waals surface area contributed by atoms with E-state index in [1.807, 2.05) is 19.6 Å². The molecule has 0 aliphatic rings. The number of hydrogen-bond acceptors (Lipinski definition) is 3. The van der Waals surface area contributed by atoms with Crippen LogP contribution in [-0.4, -0.2) is 16.4 Å². The van der Waals surface area contributed by atoms with Crippen molar-refractivity contribution in [3.8, 4) is 0 Å². The largest absolute Gasteiger partial charge is 0.373 e. The van der Waals surface area contributed by atoms with Crippen molar-refractivity contribution in [2.45, 2.75) is 6.92 Å². The molecular formula is C7H9N3S. The fraction of sp³-hybridized carbons (Fsp3) is 0.286. The molecule has 2 rings (SSSR count). The van der Waals surface area contributed by atoms with Crippen LogP contribution >= 0.6 is 11.3 Å². The predicted molar refractivity (Wildman–Crippen MR) is 47.4 cm³/mol. The molecule has 2 aromatic heterocycles. The third-order valence-electron chi connectivity index (χ3n) is 1.67. The Morgan fingerprint density at radius 1 is 1.64 bits per heavy atom. The van der Waals surface area contributed by atoms with E-state index in [4.69, 9.17) is 0 Å². The Hall–Kier alpha value is -1.03. The number of nitrogens with one attached hydrogen (secondary N) is 1. The minimum absolute atomic E-state index is 1.14. The van der Waals surface area contributed by atoms with Gasteiger partial charge < -0.3 is 5.32 Å². The van der Waals surface area contributed by atoms with E-state index in [1.165, 1.54) is 9.71 Å². The van der Waals surface area contributed by atoms with Gasteiger partial charge in [0.15, 0.2) is 0 Å². The first-order valence-corrected chi connectivity index (χ1v) is 4.24. The molecule has 2 aromatic rings. The molecule has 0 radical (unpaired) electrons. The minimum Gasteiger partial charge on any atom is -0.373 e. The molecule has 0 saturated heterocycles. The molecule has 0 saturated carbocycles. The van der Waals surface area contributed by atoms with Gasteiger partial charge in [-0.05, 0) is 6.92 Å². The lowest BCUT2D eigenvalue weighted by Crippen LogP contribution is -1.93. The summed E-state index contributed by atoms with van der Waals surface area (Å²) < 4.78 is 2.06. The molecule has 0 atom stereocenters. The SMILES string of the molecule is CNc1c(C)sc2cncn12. The van der Waals surface area contributed by atoms with Gasteiger partial charge in [-0.2, -0.15) is 0 Å². The molecule has 58 valence electrons. The summed E-state index contributed by atoms with van der Waals surface area (Å²) in [5.41, 5.74) is 0. The zero-order valence-electron chi connectivity index (χ0n) is 6.46. The second-order valence-electron chi connectivity index (χ2n) is 2.36. The van der Waals surface area contributed by atoms with Crippen LogP contribution in [0.25, 0.3) is 4.83 Å². The van der Waals surface area contributed by atoms with E-state index in [-0.39, 0.29) is 0 Å². The fourth-order valence-electron chi connectivity index (χ4n) is 1.20. The van der Waals surface area contributed by atoms with E-state index in [0.29, 0.717) is 0 Å². The van der Waals surface area contributed by atoms with E-state index in [0.717, 1.165) is 5.82 Å². The maximum Gasteiger partial charge on any atom is 0.125 e. The van der Waals surface area contributed by atoms with E-state index in [2.05, 4.69) is 21.6 Å². The lowest BCUT2D eigenvalue weighted by molar-refractivity contribution is 1.15. The van der Waals surface area contributed by atoms with Crippen LogP contribution in [0.1, 0.15) is 4.88 Å². The minimum atomic E-state index is 1.14. The molecule has 0 bridgehead atoms. The van der Waals surface area contributed by atoms with Crippen molar-refractivity contribution < 1.29 is 0 Å². The van der Waals surface area contributed by atoms with Crippen LogP contribution in [0.2, 0.25) is 0 Å². The summed E-state index contributed by atoms with van der Waals surface area (Å²) in [6.45, 7) is 2.10. The molecule has 2 heterocycles. The zero-order chi connectivity index (χ0) is 7.84. The highest BCUT2D eigenvalue weighted by molar-refractivity contribution is 7.17. The van der Waals surface area contributed by atoms with E-state index in [1.54, 1.807) is 11.3 Å². The van der Waals surface area contributed by atoms with Crippen molar-refractivity contribution in [2.24, 2.45) is 0 Å². The summed E-state index contributed by atoms with van der Waals surface area (Å²) in [5, 5.41) is 3.14. The normalized spacial score (nSPS) is 10.7. The number of imidazole rings is 1. The summed E-state index contributed by atoms with van der Waals surface area (Å²) >= 11 is 1.75. The van der Waals surface area contributed by atoms with Crippen LogP contribution in [-0.2, 0) is 0 Å². The molecule has 0 aromatic carbocycles. The molecule has 4 heteroatoms. The molecule has 0 aliphatic heterocycles. The van der Waals surface area contributed by atoms with Crippen molar-refractivity contribution >= 4 is 22.0 Å². The van der Waals surface area contributed by atoms with E-state index >= 15 is 0 Å². The average molecular weight is 167 g/mol. The van der Waals surface area contributed by atoms with Crippen molar-refractivity contribution in [1.82, 2.24) is 9.38 Å². The molecule has 11 heavy (non-hydrogen) atoms. The highest BCUT2D eigenvalue weighted by atomic mass is 32.1. The molecule has 1 N–H and O–H groups in total. The number of aromatic nitrogens is 2. The molecule has 0 unspecified atom stereocenters. The van der Waals surface area contributed by atoms with Gasteiger partial charge in [0.2, 0.25) is 0 Å². The van der Waals surface area contributed by atoms with Crippen LogP contribution < -0.4 is 5.32 Å². The van der Waals surface area contributed by atoms with Crippen molar-refractivity contribution in [3.05, 3.63) is 17.4 Å². The van der Waals surface area contributed by atoms with Crippen LogP contribution in [0, 0.1) is 6.92 Å². The third-order valence-corrected chi connectivity index (χ3v) is 2.68. The van der Waals surface area contributed by atoms with Crippen LogP contribution in [0.3, 0.4) is 0 Å². The fourth-order valence-corrected chi connectivity index (χ4v) is 2.16. The molecule has 3 nitrogen and oxygen atoms in total. The topological polar surface area (TPSA) is 29.3 Å². The monoisotopic (exact) mass is 167 g/mol. The van der Waals surface area contributed by atoms with Crippen LogP contribution in [0.5, 0.6) is 0 Å². The Bertz CT molecular complexity index is 374. The van der Waals surface area contributed by atoms with Gasteiger partial charge in [0.05, 0.1) is 6.20 Å². The molecule has 0 amide bonds. The maximum atomic E-state index is 4.04. The first-order valence-electron chi connectivity index (χ1n) is 3.42. The number of rotatable bonds is 1. The van der Waals surface area contributed by atoms with E-state index in [9.17, 15) is 0 Å². The van der Waals surface area contributed by atoms with Gasteiger partial charge in [0.25, 0.3) is 0 Å². The quantitative estimate of drug-likeness (QED) is 0.701. The highest BCUT2D eigenvalue weighted by Gasteiger charge is 2.05. The second-order valence-corrected chi connectivity index (χ2v) is 3.59. The Morgan fingerprint density at radius 3 is 3.18 bits per heavy atom. The van der Waals surface area contributed by atoms with Gasteiger partial charge in [-0.1, -0.05) is 0 Å². The Kier molecular flexibility index (Phi) is 1.35. The van der Waals surface area contributed by atoms with Crippen LogP contribution in [0.4, 0.5) is 5.82 Å². The Balaban J connectivity index is 2.80. The number of nitrogens with zero attached hydrogens (tertiary/aromatic N) is 2. The van der Waals surface area contributed by atoms with Crippen LogP contribution in [0.15, 0.2) is 12.5 Å². The van der Waals surface area contributed by atoms with E-state index < -0.39 is 0 Å².